The number of hydrogen-bond donors (Lipinski definition) is 1. The van der Waals surface area contributed by atoms with Gasteiger partial charge in [0, 0.05) is 19.6 Å². The summed E-state index contributed by atoms with van der Waals surface area (Å²) >= 11 is 0. The lowest BCUT2D eigenvalue weighted by atomic mass is 9.92. The summed E-state index contributed by atoms with van der Waals surface area (Å²) in [5.74, 6) is 1.71. The lowest BCUT2D eigenvalue weighted by Gasteiger charge is -2.32. The maximum Gasteiger partial charge on any atom is 0.231 e. The van der Waals surface area contributed by atoms with Crippen molar-refractivity contribution >= 4 is 0 Å². The van der Waals surface area contributed by atoms with Crippen molar-refractivity contribution in [3.05, 3.63) is 58.7 Å². The van der Waals surface area contributed by atoms with Crippen LogP contribution in [0.2, 0.25) is 0 Å². The quantitative estimate of drug-likeness (QED) is 0.930. The van der Waals surface area contributed by atoms with Gasteiger partial charge in [0.25, 0.3) is 0 Å². The fraction of sp³-hybridized carbons (Fsp3) is 0.429. The molecule has 4 heteroatoms. The van der Waals surface area contributed by atoms with Gasteiger partial charge in [-0.2, -0.15) is 0 Å². The van der Waals surface area contributed by atoms with Crippen LogP contribution in [0.25, 0.3) is 0 Å². The topological polar surface area (TPSA) is 33.7 Å². The highest BCUT2D eigenvalue weighted by molar-refractivity contribution is 5.48. The van der Waals surface area contributed by atoms with Crippen LogP contribution in [0, 0.1) is 13.8 Å². The molecular weight excluding hydrogens is 312 g/mol. The van der Waals surface area contributed by atoms with Gasteiger partial charge in [-0.05, 0) is 55.6 Å². The molecule has 25 heavy (non-hydrogen) atoms. The Morgan fingerprint density at radius 2 is 1.84 bits per heavy atom. The second-order valence-corrected chi connectivity index (χ2v) is 7.01. The molecule has 0 amide bonds. The lowest BCUT2D eigenvalue weighted by Crippen LogP contribution is -2.33. The van der Waals surface area contributed by atoms with Gasteiger partial charge >= 0.3 is 0 Å². The van der Waals surface area contributed by atoms with Crippen molar-refractivity contribution in [2.75, 3.05) is 33.0 Å². The van der Waals surface area contributed by atoms with E-state index in [0.29, 0.717) is 6.79 Å². The Labute approximate surface area is 149 Å². The standard InChI is InChI=1S/C21H26N2O2/c1-15-4-5-16(2)18(12-15)21(23-10-3-8-22-9-11-23)17-6-7-19-20(13-17)25-14-24-19/h4-7,12-13,21-22H,3,8-11,14H2,1-2H3. The van der Waals surface area contributed by atoms with Crippen LogP contribution in [0.5, 0.6) is 11.5 Å². The first-order valence-corrected chi connectivity index (χ1v) is 9.14. The average molecular weight is 338 g/mol. The molecule has 2 heterocycles. The largest absolute Gasteiger partial charge is 0.454 e. The van der Waals surface area contributed by atoms with Crippen molar-refractivity contribution in [1.82, 2.24) is 10.2 Å². The van der Waals surface area contributed by atoms with Crippen molar-refractivity contribution in [3.63, 3.8) is 0 Å². The summed E-state index contributed by atoms with van der Waals surface area (Å²) in [6.45, 7) is 8.98. The summed E-state index contributed by atoms with van der Waals surface area (Å²) in [5.41, 5.74) is 5.31. The van der Waals surface area contributed by atoms with Crippen LogP contribution < -0.4 is 14.8 Å². The molecule has 0 spiro atoms. The van der Waals surface area contributed by atoms with E-state index in [9.17, 15) is 0 Å². The summed E-state index contributed by atoms with van der Waals surface area (Å²) in [7, 11) is 0. The first-order valence-electron chi connectivity index (χ1n) is 9.14. The second-order valence-electron chi connectivity index (χ2n) is 7.01. The number of nitrogens with zero attached hydrogens (tertiary/aromatic N) is 1. The number of fused-ring (bicyclic) bond motifs is 1. The van der Waals surface area contributed by atoms with E-state index in [0.717, 1.165) is 37.7 Å². The van der Waals surface area contributed by atoms with Crippen LogP contribution >= 0.6 is 0 Å². The van der Waals surface area contributed by atoms with Crippen molar-refractivity contribution in [1.29, 1.82) is 0 Å². The zero-order valence-corrected chi connectivity index (χ0v) is 15.0. The fourth-order valence-corrected chi connectivity index (χ4v) is 3.85. The van der Waals surface area contributed by atoms with Gasteiger partial charge in [-0.25, -0.2) is 0 Å². The van der Waals surface area contributed by atoms with Crippen molar-refractivity contribution in [3.8, 4) is 11.5 Å². The summed E-state index contributed by atoms with van der Waals surface area (Å²) in [6.07, 6.45) is 1.17. The summed E-state index contributed by atoms with van der Waals surface area (Å²) in [6, 6.07) is 13.4. The van der Waals surface area contributed by atoms with Gasteiger partial charge in [0.15, 0.2) is 11.5 Å². The molecule has 2 aromatic rings. The van der Waals surface area contributed by atoms with E-state index in [-0.39, 0.29) is 6.04 Å². The Bertz CT molecular complexity index is 752. The molecule has 1 unspecified atom stereocenters. The van der Waals surface area contributed by atoms with Gasteiger partial charge in [0.1, 0.15) is 0 Å². The van der Waals surface area contributed by atoms with Gasteiger partial charge < -0.3 is 14.8 Å². The van der Waals surface area contributed by atoms with Gasteiger partial charge in [0.05, 0.1) is 6.04 Å². The molecule has 4 nitrogen and oxygen atoms in total. The molecule has 0 aliphatic carbocycles. The molecule has 0 bridgehead atoms. The van der Waals surface area contributed by atoms with Gasteiger partial charge in [-0.3, -0.25) is 4.90 Å². The zero-order chi connectivity index (χ0) is 17.2. The summed E-state index contributed by atoms with van der Waals surface area (Å²) in [4.78, 5) is 2.60. The second kappa shape index (κ2) is 7.06. The molecule has 1 atom stereocenters. The van der Waals surface area contributed by atoms with E-state index in [4.69, 9.17) is 9.47 Å². The molecule has 132 valence electrons. The first kappa shape index (κ1) is 16.4. The highest BCUT2D eigenvalue weighted by Gasteiger charge is 2.26. The van der Waals surface area contributed by atoms with Crippen LogP contribution in [0.4, 0.5) is 0 Å². The minimum Gasteiger partial charge on any atom is -0.454 e. The lowest BCUT2D eigenvalue weighted by molar-refractivity contribution is 0.173. The molecule has 4 rings (SSSR count). The Kier molecular flexibility index (Phi) is 4.64. The third-order valence-corrected chi connectivity index (χ3v) is 5.18. The average Bonchev–Trinajstić information content (AvgIpc) is 2.92. The summed E-state index contributed by atoms with van der Waals surface area (Å²) in [5, 5.41) is 3.52. The monoisotopic (exact) mass is 338 g/mol. The van der Waals surface area contributed by atoms with E-state index in [2.05, 4.69) is 54.4 Å². The number of rotatable bonds is 3. The minimum atomic E-state index is 0.245. The zero-order valence-electron chi connectivity index (χ0n) is 15.0. The SMILES string of the molecule is Cc1ccc(C)c(C(c2ccc3c(c2)OCO3)N2CCCNCC2)c1. The maximum atomic E-state index is 5.64. The van der Waals surface area contributed by atoms with Crippen LogP contribution in [0.1, 0.15) is 34.7 Å². The van der Waals surface area contributed by atoms with E-state index in [1.807, 2.05) is 6.07 Å². The van der Waals surface area contributed by atoms with Crippen LogP contribution in [0.3, 0.4) is 0 Å². The Morgan fingerprint density at radius 1 is 0.960 bits per heavy atom. The van der Waals surface area contributed by atoms with Crippen LogP contribution in [-0.4, -0.2) is 37.9 Å². The van der Waals surface area contributed by atoms with Crippen LogP contribution in [0.15, 0.2) is 36.4 Å². The fourth-order valence-electron chi connectivity index (χ4n) is 3.85. The summed E-state index contributed by atoms with van der Waals surface area (Å²) < 4.78 is 11.1. The predicted molar refractivity (Wildman–Crippen MR) is 99.4 cm³/mol. The normalized spacial score (nSPS) is 18.8. The van der Waals surface area contributed by atoms with Crippen molar-refractivity contribution in [2.24, 2.45) is 0 Å². The predicted octanol–water partition coefficient (Wildman–Crippen LogP) is 3.42. The Morgan fingerprint density at radius 3 is 2.76 bits per heavy atom. The molecular formula is C21H26N2O2. The number of aryl methyl sites for hydroxylation is 2. The van der Waals surface area contributed by atoms with Gasteiger partial charge in [-0.1, -0.05) is 29.8 Å². The highest BCUT2D eigenvalue weighted by atomic mass is 16.7. The molecule has 1 N–H and O–H groups in total. The molecule has 0 saturated carbocycles. The van der Waals surface area contributed by atoms with E-state index in [1.54, 1.807) is 0 Å². The molecule has 0 aromatic heterocycles. The van der Waals surface area contributed by atoms with Gasteiger partial charge in [-0.15, -0.1) is 0 Å². The molecule has 0 radical (unpaired) electrons. The number of ether oxygens (including phenoxy) is 2. The third kappa shape index (κ3) is 3.37. The van der Waals surface area contributed by atoms with Crippen molar-refractivity contribution < 1.29 is 9.47 Å². The Hall–Kier alpha value is -2.04. The first-order chi connectivity index (χ1) is 12.2. The minimum absolute atomic E-state index is 0.245. The maximum absolute atomic E-state index is 5.64. The highest BCUT2D eigenvalue weighted by Crippen LogP contribution is 2.38. The van der Waals surface area contributed by atoms with Crippen molar-refractivity contribution in [2.45, 2.75) is 26.3 Å². The Balaban J connectivity index is 1.78. The molecule has 1 fully saturated rings. The number of hydrogen-bond acceptors (Lipinski definition) is 4. The molecule has 2 aliphatic heterocycles. The smallest absolute Gasteiger partial charge is 0.231 e. The number of benzene rings is 2. The third-order valence-electron chi connectivity index (χ3n) is 5.18. The van der Waals surface area contributed by atoms with E-state index < -0.39 is 0 Å². The molecule has 2 aromatic carbocycles. The molecule has 1 saturated heterocycles. The van der Waals surface area contributed by atoms with Crippen LogP contribution in [-0.2, 0) is 0 Å². The van der Waals surface area contributed by atoms with Gasteiger partial charge in [0.2, 0.25) is 6.79 Å². The number of nitrogens with one attached hydrogen (secondary N) is 1. The van der Waals surface area contributed by atoms with E-state index in [1.165, 1.54) is 28.7 Å². The van der Waals surface area contributed by atoms with E-state index >= 15 is 0 Å². The molecule has 2 aliphatic rings.